The first kappa shape index (κ1) is 20.6. The minimum absolute atomic E-state index is 0.0373. The summed E-state index contributed by atoms with van der Waals surface area (Å²) in [5, 5.41) is 2.81. The minimum atomic E-state index is -0.205. The molecule has 2 rings (SSSR count). The van der Waals surface area contributed by atoms with E-state index in [1.54, 1.807) is 12.1 Å². The van der Waals surface area contributed by atoms with E-state index < -0.39 is 0 Å². The molecule has 1 N–H and O–H groups in total. The first-order valence-corrected chi connectivity index (χ1v) is 9.20. The van der Waals surface area contributed by atoms with Crippen LogP contribution in [0.25, 0.3) is 0 Å². The molecule has 4 nitrogen and oxygen atoms in total. The van der Waals surface area contributed by atoms with Crippen LogP contribution >= 0.6 is 0 Å². The number of hydrogen-bond donors (Lipinski definition) is 1. The molecule has 0 bridgehead atoms. The van der Waals surface area contributed by atoms with Gasteiger partial charge in [-0.15, -0.1) is 0 Å². The molecule has 4 heteroatoms. The highest BCUT2D eigenvalue weighted by molar-refractivity contribution is 5.91. The molecule has 2 aromatic rings. The standard InChI is InChI=1S/C23H29NO3/c1-6-23(4,5)18-7-11-20(12-8-18)27-16-22(25)24-19-9-13-21(14-10-19)26-15-17(2)3/h7-14H,2,6,15-16H2,1,3-5H3,(H,24,25). The highest BCUT2D eigenvalue weighted by Gasteiger charge is 2.17. The van der Waals surface area contributed by atoms with E-state index in [4.69, 9.17) is 9.47 Å². The molecule has 0 aliphatic heterocycles. The van der Waals surface area contributed by atoms with Crippen LogP contribution in [0.5, 0.6) is 11.5 Å². The van der Waals surface area contributed by atoms with E-state index in [0.717, 1.165) is 17.7 Å². The minimum Gasteiger partial charge on any atom is -0.489 e. The van der Waals surface area contributed by atoms with Crippen LogP contribution in [0.15, 0.2) is 60.7 Å². The molecule has 0 aromatic heterocycles. The lowest BCUT2D eigenvalue weighted by molar-refractivity contribution is -0.118. The summed E-state index contributed by atoms with van der Waals surface area (Å²) >= 11 is 0. The lowest BCUT2D eigenvalue weighted by Crippen LogP contribution is -2.20. The number of benzene rings is 2. The summed E-state index contributed by atoms with van der Waals surface area (Å²) < 4.78 is 11.1. The van der Waals surface area contributed by atoms with E-state index in [1.165, 1.54) is 5.56 Å². The highest BCUT2D eigenvalue weighted by atomic mass is 16.5. The number of amides is 1. The summed E-state index contributed by atoms with van der Waals surface area (Å²) in [7, 11) is 0. The van der Waals surface area contributed by atoms with Crippen LogP contribution in [-0.2, 0) is 10.2 Å². The molecule has 0 aliphatic carbocycles. The van der Waals surface area contributed by atoms with Crippen molar-refractivity contribution < 1.29 is 14.3 Å². The Labute approximate surface area is 162 Å². The van der Waals surface area contributed by atoms with Gasteiger partial charge in [0.05, 0.1) is 0 Å². The van der Waals surface area contributed by atoms with Gasteiger partial charge < -0.3 is 14.8 Å². The molecule has 1 amide bonds. The van der Waals surface area contributed by atoms with Crippen LogP contribution in [0, 0.1) is 0 Å². The third kappa shape index (κ3) is 6.48. The molecule has 0 saturated carbocycles. The van der Waals surface area contributed by atoms with Gasteiger partial charge in [0.25, 0.3) is 5.91 Å². The average molecular weight is 367 g/mol. The van der Waals surface area contributed by atoms with Crippen molar-refractivity contribution in [3.63, 3.8) is 0 Å². The first-order chi connectivity index (χ1) is 12.8. The van der Waals surface area contributed by atoms with Crippen molar-refractivity contribution in [1.82, 2.24) is 0 Å². The van der Waals surface area contributed by atoms with Crippen molar-refractivity contribution in [2.24, 2.45) is 0 Å². The Hall–Kier alpha value is -2.75. The normalized spacial score (nSPS) is 11.0. The Morgan fingerprint density at radius 1 is 0.963 bits per heavy atom. The third-order valence-corrected chi connectivity index (χ3v) is 4.51. The third-order valence-electron chi connectivity index (χ3n) is 4.51. The number of nitrogens with one attached hydrogen (secondary N) is 1. The molecule has 27 heavy (non-hydrogen) atoms. The molecular weight excluding hydrogens is 338 g/mol. The Bertz CT molecular complexity index is 761. The zero-order valence-electron chi connectivity index (χ0n) is 16.7. The fourth-order valence-corrected chi connectivity index (χ4v) is 2.39. The van der Waals surface area contributed by atoms with Gasteiger partial charge in [-0.2, -0.15) is 0 Å². The molecule has 2 aromatic carbocycles. The number of anilines is 1. The van der Waals surface area contributed by atoms with Gasteiger partial charge >= 0.3 is 0 Å². The Morgan fingerprint density at radius 3 is 2.00 bits per heavy atom. The number of carbonyl (C=O) groups is 1. The van der Waals surface area contributed by atoms with Gasteiger partial charge in [0.15, 0.2) is 6.61 Å². The fraction of sp³-hybridized carbons (Fsp3) is 0.348. The zero-order valence-corrected chi connectivity index (χ0v) is 16.7. The highest BCUT2D eigenvalue weighted by Crippen LogP contribution is 2.28. The zero-order chi connectivity index (χ0) is 19.9. The van der Waals surface area contributed by atoms with Gasteiger partial charge in [-0.25, -0.2) is 0 Å². The maximum Gasteiger partial charge on any atom is 0.262 e. The van der Waals surface area contributed by atoms with Gasteiger partial charge in [0.2, 0.25) is 0 Å². The van der Waals surface area contributed by atoms with Crippen molar-refractivity contribution in [3.8, 4) is 11.5 Å². The topological polar surface area (TPSA) is 47.6 Å². The van der Waals surface area contributed by atoms with Crippen molar-refractivity contribution in [2.75, 3.05) is 18.5 Å². The Morgan fingerprint density at radius 2 is 1.48 bits per heavy atom. The van der Waals surface area contributed by atoms with Crippen molar-refractivity contribution >= 4 is 11.6 Å². The fourth-order valence-electron chi connectivity index (χ4n) is 2.39. The molecule has 0 spiro atoms. The van der Waals surface area contributed by atoms with Gasteiger partial charge in [-0.1, -0.05) is 39.5 Å². The van der Waals surface area contributed by atoms with E-state index in [-0.39, 0.29) is 17.9 Å². The van der Waals surface area contributed by atoms with Gasteiger partial charge in [0, 0.05) is 5.69 Å². The van der Waals surface area contributed by atoms with Crippen molar-refractivity contribution in [3.05, 3.63) is 66.2 Å². The van der Waals surface area contributed by atoms with E-state index >= 15 is 0 Å². The molecule has 0 fully saturated rings. The van der Waals surface area contributed by atoms with Crippen LogP contribution in [-0.4, -0.2) is 19.1 Å². The van der Waals surface area contributed by atoms with E-state index in [9.17, 15) is 4.79 Å². The quantitative estimate of drug-likeness (QED) is 0.608. The SMILES string of the molecule is C=C(C)COc1ccc(NC(=O)COc2ccc(C(C)(C)CC)cc2)cc1. The lowest BCUT2D eigenvalue weighted by atomic mass is 9.82. The van der Waals surface area contributed by atoms with Crippen LogP contribution in [0.3, 0.4) is 0 Å². The Kier molecular flexibility index (Phi) is 7.05. The number of rotatable bonds is 9. The average Bonchev–Trinajstić information content (AvgIpc) is 2.66. The van der Waals surface area contributed by atoms with Crippen LogP contribution in [0.4, 0.5) is 5.69 Å². The summed E-state index contributed by atoms with van der Waals surface area (Å²) in [6.07, 6.45) is 1.06. The van der Waals surface area contributed by atoms with E-state index in [1.807, 2.05) is 31.2 Å². The summed E-state index contributed by atoms with van der Waals surface area (Å²) in [5.41, 5.74) is 3.05. The molecule has 0 aliphatic rings. The predicted octanol–water partition coefficient (Wildman–Crippen LogP) is 5.35. The molecule has 0 unspecified atom stereocenters. The summed E-state index contributed by atoms with van der Waals surface area (Å²) in [5.74, 6) is 1.22. The second kappa shape index (κ2) is 9.26. The van der Waals surface area contributed by atoms with Crippen LogP contribution < -0.4 is 14.8 Å². The Balaban J connectivity index is 1.83. The van der Waals surface area contributed by atoms with Crippen LogP contribution in [0.1, 0.15) is 39.7 Å². The smallest absolute Gasteiger partial charge is 0.262 e. The number of ether oxygens (including phenoxy) is 2. The second-order valence-electron chi connectivity index (χ2n) is 7.37. The first-order valence-electron chi connectivity index (χ1n) is 9.20. The molecule has 0 atom stereocenters. The van der Waals surface area contributed by atoms with Crippen molar-refractivity contribution in [1.29, 1.82) is 0 Å². The molecule has 0 heterocycles. The van der Waals surface area contributed by atoms with E-state index in [0.29, 0.717) is 18.0 Å². The summed E-state index contributed by atoms with van der Waals surface area (Å²) in [4.78, 5) is 12.1. The van der Waals surface area contributed by atoms with E-state index in [2.05, 4.69) is 44.8 Å². The molecule has 0 radical (unpaired) electrons. The molecular formula is C23H29NO3. The molecule has 144 valence electrons. The van der Waals surface area contributed by atoms with Gasteiger partial charge in [0.1, 0.15) is 18.1 Å². The monoisotopic (exact) mass is 367 g/mol. The maximum absolute atomic E-state index is 12.1. The van der Waals surface area contributed by atoms with Gasteiger partial charge in [-0.3, -0.25) is 4.79 Å². The maximum atomic E-state index is 12.1. The van der Waals surface area contributed by atoms with Crippen LogP contribution in [0.2, 0.25) is 0 Å². The number of carbonyl (C=O) groups excluding carboxylic acids is 1. The predicted molar refractivity (Wildman–Crippen MR) is 111 cm³/mol. The summed E-state index contributed by atoms with van der Waals surface area (Å²) in [6, 6.07) is 15.2. The largest absolute Gasteiger partial charge is 0.489 e. The molecule has 0 saturated heterocycles. The van der Waals surface area contributed by atoms with Crippen molar-refractivity contribution in [2.45, 2.75) is 39.5 Å². The van der Waals surface area contributed by atoms with Gasteiger partial charge in [-0.05, 0) is 66.3 Å². The summed E-state index contributed by atoms with van der Waals surface area (Å²) in [6.45, 7) is 12.8. The number of hydrogen-bond acceptors (Lipinski definition) is 3. The second-order valence-corrected chi connectivity index (χ2v) is 7.37. The lowest BCUT2D eigenvalue weighted by Gasteiger charge is -2.23.